The minimum absolute atomic E-state index is 0.0171. The molecule has 0 fully saturated rings. The number of nitro groups is 1. The van der Waals surface area contributed by atoms with E-state index in [0.29, 0.717) is 0 Å². The summed E-state index contributed by atoms with van der Waals surface area (Å²) in [6.45, 7) is 1.87. The lowest BCUT2D eigenvalue weighted by molar-refractivity contribution is -0.385. The molecule has 1 rings (SSSR count). The smallest absolute Gasteiger partial charge is 0.312 e. The molecule has 0 unspecified atom stereocenters. The maximum absolute atomic E-state index is 11.2. The number of aromatic nitrogens is 1. The Bertz CT molecular complexity index is 419. The van der Waals surface area contributed by atoms with Crippen LogP contribution in [-0.2, 0) is 16.0 Å². The minimum Gasteiger partial charge on any atom is -0.466 e. The van der Waals surface area contributed by atoms with Crippen LogP contribution in [0, 0.1) is 10.1 Å². The third kappa shape index (κ3) is 2.91. The van der Waals surface area contributed by atoms with Crippen molar-refractivity contribution in [2.45, 2.75) is 13.3 Å². The molecule has 0 amide bonds. The van der Waals surface area contributed by atoms with Gasteiger partial charge in [0.15, 0.2) is 0 Å². The van der Waals surface area contributed by atoms with Crippen LogP contribution >= 0.6 is 0 Å². The Balaban J connectivity index is 2.96. The predicted octanol–water partition coefficient (Wildman–Crippen LogP) is 0.678. The summed E-state index contributed by atoms with van der Waals surface area (Å²) in [4.78, 5) is 25.0. The standard InChI is InChI=1S/C9H11N3O4/c1-2-16-9(13)5-6-7(12(14)15)3-4-8(10)11-6/h3-4H,2,5H2,1H3,(H2,10,11). The van der Waals surface area contributed by atoms with E-state index in [2.05, 4.69) is 9.72 Å². The van der Waals surface area contributed by atoms with Crippen molar-refractivity contribution in [1.29, 1.82) is 0 Å². The first-order chi connectivity index (χ1) is 7.54. The number of esters is 1. The Hall–Kier alpha value is -2.18. The summed E-state index contributed by atoms with van der Waals surface area (Å²) in [7, 11) is 0. The fourth-order valence-corrected chi connectivity index (χ4v) is 1.16. The van der Waals surface area contributed by atoms with Crippen molar-refractivity contribution in [2.24, 2.45) is 0 Å². The van der Waals surface area contributed by atoms with Crippen LogP contribution < -0.4 is 5.73 Å². The van der Waals surface area contributed by atoms with Gasteiger partial charge in [0.2, 0.25) is 0 Å². The van der Waals surface area contributed by atoms with Gasteiger partial charge < -0.3 is 10.5 Å². The number of nitrogen functional groups attached to an aromatic ring is 1. The topological polar surface area (TPSA) is 108 Å². The number of pyridine rings is 1. The molecule has 0 spiro atoms. The molecular formula is C9H11N3O4. The van der Waals surface area contributed by atoms with Crippen LogP contribution in [0.1, 0.15) is 12.6 Å². The lowest BCUT2D eigenvalue weighted by Gasteiger charge is -2.03. The van der Waals surface area contributed by atoms with Crippen molar-refractivity contribution in [3.63, 3.8) is 0 Å². The Morgan fingerprint density at radius 1 is 1.62 bits per heavy atom. The second-order valence-corrected chi connectivity index (χ2v) is 2.94. The second-order valence-electron chi connectivity index (χ2n) is 2.94. The number of hydrogen-bond donors (Lipinski definition) is 1. The molecule has 86 valence electrons. The number of nitrogens with two attached hydrogens (primary N) is 1. The molecular weight excluding hydrogens is 214 g/mol. The zero-order valence-corrected chi connectivity index (χ0v) is 8.67. The monoisotopic (exact) mass is 225 g/mol. The summed E-state index contributed by atoms with van der Waals surface area (Å²) in [5, 5.41) is 10.6. The lowest BCUT2D eigenvalue weighted by atomic mass is 10.2. The number of ether oxygens (including phenoxy) is 1. The van der Waals surface area contributed by atoms with E-state index in [0.717, 1.165) is 0 Å². The zero-order valence-electron chi connectivity index (χ0n) is 8.67. The van der Waals surface area contributed by atoms with Crippen molar-refractivity contribution in [2.75, 3.05) is 12.3 Å². The first-order valence-electron chi connectivity index (χ1n) is 4.60. The highest BCUT2D eigenvalue weighted by atomic mass is 16.6. The van der Waals surface area contributed by atoms with Gasteiger partial charge in [-0.15, -0.1) is 0 Å². The van der Waals surface area contributed by atoms with Crippen LogP contribution in [0.15, 0.2) is 12.1 Å². The summed E-state index contributed by atoms with van der Waals surface area (Å²) in [5.74, 6) is -0.436. The molecule has 1 aromatic heterocycles. The molecule has 0 saturated carbocycles. The average Bonchev–Trinajstić information content (AvgIpc) is 2.17. The van der Waals surface area contributed by atoms with E-state index in [1.54, 1.807) is 6.92 Å². The molecule has 0 radical (unpaired) electrons. The van der Waals surface area contributed by atoms with Gasteiger partial charge in [0.25, 0.3) is 5.69 Å². The summed E-state index contributed by atoms with van der Waals surface area (Å²) < 4.78 is 4.68. The lowest BCUT2D eigenvalue weighted by Crippen LogP contribution is -2.11. The van der Waals surface area contributed by atoms with E-state index in [9.17, 15) is 14.9 Å². The first kappa shape index (κ1) is 11.9. The van der Waals surface area contributed by atoms with Gasteiger partial charge in [-0.25, -0.2) is 4.98 Å². The Morgan fingerprint density at radius 2 is 2.31 bits per heavy atom. The molecule has 0 aliphatic heterocycles. The van der Waals surface area contributed by atoms with Gasteiger partial charge in [0, 0.05) is 6.07 Å². The molecule has 0 bridgehead atoms. The van der Waals surface area contributed by atoms with Crippen molar-refractivity contribution >= 4 is 17.5 Å². The van der Waals surface area contributed by atoms with Crippen LogP contribution in [-0.4, -0.2) is 22.5 Å². The van der Waals surface area contributed by atoms with Gasteiger partial charge >= 0.3 is 5.97 Å². The number of hydrogen-bond acceptors (Lipinski definition) is 6. The van der Waals surface area contributed by atoms with Crippen molar-refractivity contribution in [3.8, 4) is 0 Å². The third-order valence-corrected chi connectivity index (χ3v) is 1.79. The van der Waals surface area contributed by atoms with E-state index >= 15 is 0 Å². The number of carbonyl (C=O) groups is 1. The second kappa shape index (κ2) is 5.06. The van der Waals surface area contributed by atoms with Crippen molar-refractivity contribution in [3.05, 3.63) is 27.9 Å². The van der Waals surface area contributed by atoms with E-state index < -0.39 is 10.9 Å². The van der Waals surface area contributed by atoms with Gasteiger partial charge in [0.05, 0.1) is 18.0 Å². The Kier molecular flexibility index (Phi) is 3.76. The first-order valence-corrected chi connectivity index (χ1v) is 4.60. The number of anilines is 1. The molecule has 0 aliphatic carbocycles. The fraction of sp³-hybridized carbons (Fsp3) is 0.333. The van der Waals surface area contributed by atoms with Gasteiger partial charge in [-0.3, -0.25) is 14.9 Å². The molecule has 2 N–H and O–H groups in total. The Morgan fingerprint density at radius 3 is 2.88 bits per heavy atom. The largest absolute Gasteiger partial charge is 0.466 e. The normalized spacial score (nSPS) is 9.81. The summed E-state index contributed by atoms with van der Waals surface area (Å²) in [5.41, 5.74) is 5.17. The molecule has 16 heavy (non-hydrogen) atoms. The van der Waals surface area contributed by atoms with E-state index in [4.69, 9.17) is 5.73 Å². The maximum atomic E-state index is 11.2. The van der Waals surface area contributed by atoms with Gasteiger partial charge in [0.1, 0.15) is 11.5 Å². The van der Waals surface area contributed by atoms with Gasteiger partial charge in [-0.05, 0) is 13.0 Å². The predicted molar refractivity (Wildman–Crippen MR) is 55.6 cm³/mol. The number of nitrogens with zero attached hydrogens (tertiary/aromatic N) is 2. The highest BCUT2D eigenvalue weighted by Gasteiger charge is 2.18. The highest BCUT2D eigenvalue weighted by molar-refractivity contribution is 5.73. The highest BCUT2D eigenvalue weighted by Crippen LogP contribution is 2.18. The molecule has 0 atom stereocenters. The molecule has 0 aliphatic rings. The fourth-order valence-electron chi connectivity index (χ4n) is 1.16. The minimum atomic E-state index is -0.610. The van der Waals surface area contributed by atoms with E-state index in [1.807, 2.05) is 0 Å². The number of carbonyl (C=O) groups excluding carboxylic acids is 1. The molecule has 1 heterocycles. The van der Waals surface area contributed by atoms with Crippen molar-refractivity contribution < 1.29 is 14.5 Å². The van der Waals surface area contributed by atoms with E-state index in [-0.39, 0.29) is 30.2 Å². The van der Waals surface area contributed by atoms with E-state index in [1.165, 1.54) is 12.1 Å². The molecule has 7 heteroatoms. The van der Waals surface area contributed by atoms with Gasteiger partial charge in [-0.2, -0.15) is 0 Å². The van der Waals surface area contributed by atoms with Crippen molar-refractivity contribution in [1.82, 2.24) is 4.98 Å². The maximum Gasteiger partial charge on any atom is 0.312 e. The summed E-state index contributed by atoms with van der Waals surface area (Å²) >= 11 is 0. The third-order valence-electron chi connectivity index (χ3n) is 1.79. The van der Waals surface area contributed by atoms with Crippen LogP contribution in [0.25, 0.3) is 0 Å². The van der Waals surface area contributed by atoms with Crippen LogP contribution in [0.5, 0.6) is 0 Å². The summed E-state index contributed by atoms with van der Waals surface area (Å²) in [6.07, 6.45) is -0.255. The van der Waals surface area contributed by atoms with Crippen LogP contribution in [0.3, 0.4) is 0 Å². The van der Waals surface area contributed by atoms with Gasteiger partial charge in [-0.1, -0.05) is 0 Å². The van der Waals surface area contributed by atoms with Crippen LogP contribution in [0.2, 0.25) is 0 Å². The molecule has 7 nitrogen and oxygen atoms in total. The zero-order chi connectivity index (χ0) is 12.1. The van der Waals surface area contributed by atoms with Crippen LogP contribution in [0.4, 0.5) is 11.5 Å². The Labute approximate surface area is 91.4 Å². The molecule has 0 saturated heterocycles. The molecule has 0 aromatic carbocycles. The quantitative estimate of drug-likeness (QED) is 0.458. The molecule has 1 aromatic rings. The average molecular weight is 225 g/mol. The summed E-state index contributed by atoms with van der Waals surface area (Å²) in [6, 6.07) is 2.53. The number of rotatable bonds is 4. The SMILES string of the molecule is CCOC(=O)Cc1nc(N)ccc1[N+](=O)[O-].